The summed E-state index contributed by atoms with van der Waals surface area (Å²) in [6, 6.07) is -1.68. The van der Waals surface area contributed by atoms with Crippen LogP contribution in [0.2, 0.25) is 0 Å². The Hall–Kier alpha value is -1.83. The number of rotatable bonds is 6. The highest BCUT2D eigenvalue weighted by molar-refractivity contribution is 5.83. The van der Waals surface area contributed by atoms with Crippen LogP contribution in [0, 0.1) is 0 Å². The summed E-state index contributed by atoms with van der Waals surface area (Å²) in [6.07, 6.45) is 1.33. The molecule has 0 aliphatic carbocycles. The molecule has 8 nitrogen and oxygen atoms in total. The molecule has 0 unspecified atom stereocenters. The summed E-state index contributed by atoms with van der Waals surface area (Å²) in [7, 11) is 1.23. The molecule has 0 saturated carbocycles. The zero-order chi connectivity index (χ0) is 15.0. The first-order valence-electron chi connectivity index (χ1n) is 6.47. The third-order valence-electron chi connectivity index (χ3n) is 3.02. The second-order valence-electron chi connectivity index (χ2n) is 4.51. The number of nitrogens with one attached hydrogen (secondary N) is 2. The van der Waals surface area contributed by atoms with Gasteiger partial charge in [-0.15, -0.1) is 0 Å². The fourth-order valence-electron chi connectivity index (χ4n) is 1.85. The van der Waals surface area contributed by atoms with E-state index < -0.39 is 24.0 Å². The maximum absolute atomic E-state index is 11.7. The van der Waals surface area contributed by atoms with Gasteiger partial charge in [0, 0.05) is 25.7 Å². The first kappa shape index (κ1) is 16.2. The number of aliphatic carboxylic acids is 1. The molecule has 1 aliphatic rings. The highest BCUT2D eigenvalue weighted by atomic mass is 16.5. The SMILES string of the molecule is COC(=O)CC[C@@H](NC(=O)NC1CCOCC1)C(=O)O. The lowest BCUT2D eigenvalue weighted by molar-refractivity contribution is -0.142. The molecule has 1 atom stereocenters. The molecule has 0 radical (unpaired) electrons. The average Bonchev–Trinajstić information content (AvgIpc) is 2.43. The highest BCUT2D eigenvalue weighted by Gasteiger charge is 2.23. The van der Waals surface area contributed by atoms with Crippen molar-refractivity contribution in [3.05, 3.63) is 0 Å². The van der Waals surface area contributed by atoms with Gasteiger partial charge in [0.05, 0.1) is 7.11 Å². The van der Waals surface area contributed by atoms with Crippen LogP contribution in [0.5, 0.6) is 0 Å². The largest absolute Gasteiger partial charge is 0.480 e. The van der Waals surface area contributed by atoms with Crippen LogP contribution in [0.15, 0.2) is 0 Å². The summed E-state index contributed by atoms with van der Waals surface area (Å²) in [5.74, 6) is -1.70. The summed E-state index contributed by atoms with van der Waals surface area (Å²) >= 11 is 0. The van der Waals surface area contributed by atoms with Gasteiger partial charge < -0.3 is 25.2 Å². The van der Waals surface area contributed by atoms with Crippen molar-refractivity contribution in [2.75, 3.05) is 20.3 Å². The van der Waals surface area contributed by atoms with E-state index in [1.807, 2.05) is 0 Å². The van der Waals surface area contributed by atoms with E-state index in [0.717, 1.165) is 0 Å². The van der Waals surface area contributed by atoms with Gasteiger partial charge >= 0.3 is 18.0 Å². The Bertz CT molecular complexity index is 354. The zero-order valence-electron chi connectivity index (χ0n) is 11.4. The third-order valence-corrected chi connectivity index (χ3v) is 3.02. The van der Waals surface area contributed by atoms with Gasteiger partial charge in [-0.3, -0.25) is 4.79 Å². The molecular weight excluding hydrogens is 268 g/mol. The van der Waals surface area contributed by atoms with Gasteiger partial charge in [0.2, 0.25) is 0 Å². The van der Waals surface area contributed by atoms with Crippen molar-refractivity contribution in [1.82, 2.24) is 10.6 Å². The summed E-state index contributed by atoms with van der Waals surface area (Å²) in [5.41, 5.74) is 0. The first-order chi connectivity index (χ1) is 9.52. The van der Waals surface area contributed by atoms with Gasteiger partial charge in [0.25, 0.3) is 0 Å². The van der Waals surface area contributed by atoms with Crippen LogP contribution in [0.25, 0.3) is 0 Å². The molecular formula is C12H20N2O6. The first-order valence-corrected chi connectivity index (χ1v) is 6.47. The van der Waals surface area contributed by atoms with Crippen LogP contribution in [-0.2, 0) is 19.1 Å². The van der Waals surface area contributed by atoms with E-state index in [-0.39, 0.29) is 18.9 Å². The normalized spacial score (nSPS) is 17.1. The van der Waals surface area contributed by atoms with Crippen molar-refractivity contribution in [3.8, 4) is 0 Å². The molecule has 1 saturated heterocycles. The van der Waals surface area contributed by atoms with Crippen molar-refractivity contribution < 1.29 is 29.0 Å². The Balaban J connectivity index is 2.37. The fourth-order valence-corrected chi connectivity index (χ4v) is 1.85. The number of carboxylic acids is 1. The summed E-state index contributed by atoms with van der Waals surface area (Å²) in [6.45, 7) is 1.16. The molecule has 1 fully saturated rings. The van der Waals surface area contributed by atoms with Crippen LogP contribution in [-0.4, -0.2) is 55.5 Å². The van der Waals surface area contributed by atoms with Crippen LogP contribution in [0.1, 0.15) is 25.7 Å². The predicted octanol–water partition coefficient (Wildman–Crippen LogP) is -0.129. The lowest BCUT2D eigenvalue weighted by atomic mass is 10.1. The van der Waals surface area contributed by atoms with E-state index in [1.165, 1.54) is 7.11 Å². The summed E-state index contributed by atoms with van der Waals surface area (Å²) in [4.78, 5) is 33.7. The molecule has 20 heavy (non-hydrogen) atoms. The van der Waals surface area contributed by atoms with E-state index in [0.29, 0.717) is 26.1 Å². The fraction of sp³-hybridized carbons (Fsp3) is 0.750. The molecule has 0 aromatic carbocycles. The second kappa shape index (κ2) is 8.36. The maximum atomic E-state index is 11.7. The predicted molar refractivity (Wildman–Crippen MR) is 68.2 cm³/mol. The maximum Gasteiger partial charge on any atom is 0.326 e. The smallest absolute Gasteiger partial charge is 0.326 e. The Morgan fingerprint density at radius 2 is 2.00 bits per heavy atom. The number of carboxylic acid groups (broad SMARTS) is 1. The molecule has 8 heteroatoms. The molecule has 2 amide bonds. The van der Waals surface area contributed by atoms with Gasteiger partial charge in [-0.1, -0.05) is 0 Å². The van der Waals surface area contributed by atoms with E-state index >= 15 is 0 Å². The lowest BCUT2D eigenvalue weighted by Crippen LogP contribution is -2.50. The van der Waals surface area contributed by atoms with Crippen molar-refractivity contribution in [2.45, 2.75) is 37.8 Å². The average molecular weight is 288 g/mol. The molecule has 0 aromatic heterocycles. The number of amides is 2. The van der Waals surface area contributed by atoms with Gasteiger partial charge in [0.15, 0.2) is 0 Å². The van der Waals surface area contributed by atoms with Crippen LogP contribution >= 0.6 is 0 Å². The van der Waals surface area contributed by atoms with Crippen molar-refractivity contribution in [2.24, 2.45) is 0 Å². The number of ether oxygens (including phenoxy) is 2. The van der Waals surface area contributed by atoms with Crippen molar-refractivity contribution in [1.29, 1.82) is 0 Å². The molecule has 1 aliphatic heterocycles. The quantitative estimate of drug-likeness (QED) is 0.587. The zero-order valence-corrected chi connectivity index (χ0v) is 11.4. The second-order valence-corrected chi connectivity index (χ2v) is 4.51. The highest BCUT2D eigenvalue weighted by Crippen LogP contribution is 2.06. The Morgan fingerprint density at radius 3 is 2.55 bits per heavy atom. The summed E-state index contributed by atoms with van der Waals surface area (Å²) in [5, 5.41) is 14.0. The van der Waals surface area contributed by atoms with E-state index in [4.69, 9.17) is 9.84 Å². The Kier molecular flexibility index (Phi) is 6.78. The standard InChI is InChI=1S/C12H20N2O6/c1-19-10(15)3-2-9(11(16)17)14-12(18)13-8-4-6-20-7-5-8/h8-9H,2-7H2,1H3,(H,16,17)(H2,13,14,18)/t9-/m1/s1. The minimum absolute atomic E-state index is 0.0107. The number of methoxy groups -OCH3 is 1. The number of hydrogen-bond acceptors (Lipinski definition) is 5. The number of carbonyl (C=O) groups is 3. The third kappa shape index (κ3) is 5.87. The minimum Gasteiger partial charge on any atom is -0.480 e. The van der Waals surface area contributed by atoms with E-state index in [9.17, 15) is 14.4 Å². The van der Waals surface area contributed by atoms with Crippen molar-refractivity contribution >= 4 is 18.0 Å². The van der Waals surface area contributed by atoms with E-state index in [1.54, 1.807) is 0 Å². The summed E-state index contributed by atoms with van der Waals surface area (Å²) < 4.78 is 9.59. The number of hydrogen-bond donors (Lipinski definition) is 3. The van der Waals surface area contributed by atoms with E-state index in [2.05, 4.69) is 15.4 Å². The van der Waals surface area contributed by atoms with Gasteiger partial charge in [0.1, 0.15) is 6.04 Å². The monoisotopic (exact) mass is 288 g/mol. The molecule has 3 N–H and O–H groups in total. The van der Waals surface area contributed by atoms with Crippen LogP contribution < -0.4 is 10.6 Å². The molecule has 0 aromatic rings. The van der Waals surface area contributed by atoms with Crippen LogP contribution in [0.4, 0.5) is 4.79 Å². The Morgan fingerprint density at radius 1 is 1.35 bits per heavy atom. The van der Waals surface area contributed by atoms with Crippen LogP contribution in [0.3, 0.4) is 0 Å². The van der Waals surface area contributed by atoms with Gasteiger partial charge in [-0.05, 0) is 19.3 Å². The molecule has 0 bridgehead atoms. The van der Waals surface area contributed by atoms with Gasteiger partial charge in [-0.2, -0.15) is 0 Å². The topological polar surface area (TPSA) is 114 Å². The lowest BCUT2D eigenvalue weighted by Gasteiger charge is -2.24. The number of urea groups is 1. The van der Waals surface area contributed by atoms with Gasteiger partial charge in [-0.25, -0.2) is 9.59 Å². The molecule has 0 spiro atoms. The Labute approximate surface area is 116 Å². The number of esters is 1. The molecule has 114 valence electrons. The number of carbonyl (C=O) groups excluding carboxylic acids is 2. The minimum atomic E-state index is -1.18. The molecule has 1 rings (SSSR count). The van der Waals surface area contributed by atoms with Crippen molar-refractivity contribution in [3.63, 3.8) is 0 Å². The molecule has 1 heterocycles.